The normalized spacial score (nSPS) is 10.3. The number of hydrogen-bond donors (Lipinski definition) is 2. The van der Waals surface area contributed by atoms with E-state index >= 15 is 0 Å². The molecule has 2 aromatic rings. The van der Waals surface area contributed by atoms with E-state index in [1.54, 1.807) is 11.3 Å². The van der Waals surface area contributed by atoms with Crippen molar-refractivity contribution < 1.29 is 0 Å². The van der Waals surface area contributed by atoms with Gasteiger partial charge in [-0.25, -0.2) is 9.97 Å². The van der Waals surface area contributed by atoms with Gasteiger partial charge in [0.15, 0.2) is 0 Å². The van der Waals surface area contributed by atoms with Gasteiger partial charge in [-0.3, -0.25) is 0 Å². The molecule has 0 aliphatic heterocycles. The van der Waals surface area contributed by atoms with Crippen molar-refractivity contribution in [3.05, 3.63) is 34.4 Å². The number of nitrogens with two attached hydrogens (primary N) is 1. The average Bonchev–Trinajstić information content (AvgIpc) is 2.74. The summed E-state index contributed by atoms with van der Waals surface area (Å²) < 4.78 is 0. The standard InChI is InChI=1S/C11H14N4S/c1-8-4-10(12)11(14-5-8)13-3-2-9-6-16-7-15-9/h4-7H,2-3,12H2,1H3,(H,13,14). The summed E-state index contributed by atoms with van der Waals surface area (Å²) in [6, 6.07) is 1.91. The second-order valence-electron chi connectivity index (χ2n) is 3.61. The molecule has 0 spiro atoms. The molecular formula is C11H14N4S. The van der Waals surface area contributed by atoms with Gasteiger partial charge < -0.3 is 11.1 Å². The van der Waals surface area contributed by atoms with Gasteiger partial charge in [0.1, 0.15) is 5.82 Å². The van der Waals surface area contributed by atoms with Crippen LogP contribution >= 0.6 is 11.3 Å². The molecule has 3 N–H and O–H groups in total. The molecule has 2 rings (SSSR count). The van der Waals surface area contributed by atoms with Gasteiger partial charge in [-0.05, 0) is 18.6 Å². The molecule has 0 unspecified atom stereocenters. The van der Waals surface area contributed by atoms with Crippen molar-refractivity contribution in [2.75, 3.05) is 17.6 Å². The molecule has 4 nitrogen and oxygen atoms in total. The minimum absolute atomic E-state index is 0.693. The van der Waals surface area contributed by atoms with E-state index < -0.39 is 0 Å². The van der Waals surface area contributed by atoms with Crippen LogP contribution in [0.3, 0.4) is 0 Å². The van der Waals surface area contributed by atoms with Crippen molar-refractivity contribution in [3.8, 4) is 0 Å². The fourth-order valence-electron chi connectivity index (χ4n) is 1.41. The number of nitrogen functional groups attached to an aromatic ring is 1. The molecule has 0 aliphatic carbocycles. The van der Waals surface area contributed by atoms with Crippen molar-refractivity contribution in [1.82, 2.24) is 9.97 Å². The first-order chi connectivity index (χ1) is 7.75. The first-order valence-corrected chi connectivity index (χ1v) is 6.03. The smallest absolute Gasteiger partial charge is 0.149 e. The molecule has 0 saturated carbocycles. The van der Waals surface area contributed by atoms with Gasteiger partial charge in [0.05, 0.1) is 16.9 Å². The minimum Gasteiger partial charge on any atom is -0.396 e. The predicted molar refractivity (Wildman–Crippen MR) is 67.7 cm³/mol. The third-order valence-electron chi connectivity index (χ3n) is 2.21. The number of nitrogens with zero attached hydrogens (tertiary/aromatic N) is 2. The number of rotatable bonds is 4. The third kappa shape index (κ3) is 2.70. The Morgan fingerprint density at radius 3 is 3.00 bits per heavy atom. The average molecular weight is 234 g/mol. The molecule has 0 aliphatic rings. The van der Waals surface area contributed by atoms with Crippen LogP contribution in [0.4, 0.5) is 11.5 Å². The van der Waals surface area contributed by atoms with Crippen LogP contribution in [0.25, 0.3) is 0 Å². The van der Waals surface area contributed by atoms with Gasteiger partial charge in [0.2, 0.25) is 0 Å². The van der Waals surface area contributed by atoms with Crippen LogP contribution in [0, 0.1) is 6.92 Å². The molecule has 2 heterocycles. The summed E-state index contributed by atoms with van der Waals surface area (Å²) in [6.45, 7) is 2.77. The Morgan fingerprint density at radius 1 is 1.44 bits per heavy atom. The second kappa shape index (κ2) is 4.94. The molecule has 84 valence electrons. The summed E-state index contributed by atoms with van der Waals surface area (Å²) in [5.41, 5.74) is 10.5. The molecule has 0 amide bonds. The summed E-state index contributed by atoms with van der Waals surface area (Å²) in [7, 11) is 0. The number of hydrogen-bond acceptors (Lipinski definition) is 5. The zero-order valence-electron chi connectivity index (χ0n) is 9.10. The second-order valence-corrected chi connectivity index (χ2v) is 4.33. The highest BCUT2D eigenvalue weighted by Crippen LogP contribution is 2.15. The number of aryl methyl sites for hydroxylation is 1. The van der Waals surface area contributed by atoms with Crippen molar-refractivity contribution in [1.29, 1.82) is 0 Å². The molecular weight excluding hydrogens is 220 g/mol. The number of nitrogens with one attached hydrogen (secondary N) is 1. The largest absolute Gasteiger partial charge is 0.396 e. The lowest BCUT2D eigenvalue weighted by Gasteiger charge is -2.07. The highest BCUT2D eigenvalue weighted by atomic mass is 32.1. The lowest BCUT2D eigenvalue weighted by atomic mass is 10.3. The summed E-state index contributed by atoms with van der Waals surface area (Å²) in [4.78, 5) is 8.45. The summed E-state index contributed by atoms with van der Waals surface area (Å²) >= 11 is 1.61. The van der Waals surface area contributed by atoms with E-state index in [2.05, 4.69) is 15.3 Å². The molecule has 0 radical (unpaired) electrons. The van der Waals surface area contributed by atoms with Crippen LogP contribution in [0.1, 0.15) is 11.3 Å². The van der Waals surface area contributed by atoms with Gasteiger partial charge in [-0.2, -0.15) is 0 Å². The van der Waals surface area contributed by atoms with E-state index in [0.29, 0.717) is 5.69 Å². The zero-order valence-corrected chi connectivity index (χ0v) is 9.92. The lowest BCUT2D eigenvalue weighted by Crippen LogP contribution is -2.08. The van der Waals surface area contributed by atoms with Gasteiger partial charge in [0.25, 0.3) is 0 Å². The Hall–Kier alpha value is -1.62. The Labute approximate surface area is 98.6 Å². The molecule has 0 aromatic carbocycles. The molecule has 5 heteroatoms. The summed E-state index contributed by atoms with van der Waals surface area (Å²) in [5, 5.41) is 5.26. The summed E-state index contributed by atoms with van der Waals surface area (Å²) in [6.07, 6.45) is 2.69. The maximum Gasteiger partial charge on any atom is 0.149 e. The maximum absolute atomic E-state index is 5.84. The fourth-order valence-corrected chi connectivity index (χ4v) is 2.00. The quantitative estimate of drug-likeness (QED) is 0.850. The number of anilines is 2. The van der Waals surface area contributed by atoms with E-state index in [9.17, 15) is 0 Å². The van der Waals surface area contributed by atoms with Gasteiger partial charge in [0, 0.05) is 24.5 Å². The van der Waals surface area contributed by atoms with Gasteiger partial charge in [-0.1, -0.05) is 0 Å². The number of aromatic nitrogens is 2. The topological polar surface area (TPSA) is 63.8 Å². The van der Waals surface area contributed by atoms with E-state index in [-0.39, 0.29) is 0 Å². The highest BCUT2D eigenvalue weighted by molar-refractivity contribution is 7.07. The SMILES string of the molecule is Cc1cnc(NCCc2cscn2)c(N)c1. The predicted octanol–water partition coefficient (Wildman–Crippen LogP) is 2.08. The Bertz CT molecular complexity index is 453. The molecule has 2 aromatic heterocycles. The Balaban J connectivity index is 1.90. The highest BCUT2D eigenvalue weighted by Gasteiger charge is 2.00. The van der Waals surface area contributed by atoms with Crippen molar-refractivity contribution in [2.45, 2.75) is 13.3 Å². The third-order valence-corrected chi connectivity index (χ3v) is 2.85. The van der Waals surface area contributed by atoms with Crippen LogP contribution in [-0.4, -0.2) is 16.5 Å². The van der Waals surface area contributed by atoms with Gasteiger partial charge in [-0.15, -0.1) is 11.3 Å². The number of thiazole rings is 1. The fraction of sp³-hybridized carbons (Fsp3) is 0.273. The monoisotopic (exact) mass is 234 g/mol. The first-order valence-electron chi connectivity index (χ1n) is 5.09. The summed E-state index contributed by atoms with van der Waals surface area (Å²) in [5.74, 6) is 0.751. The van der Waals surface area contributed by atoms with E-state index in [1.807, 2.05) is 30.1 Å². The van der Waals surface area contributed by atoms with Crippen LogP contribution in [0.15, 0.2) is 23.2 Å². The molecule has 0 fully saturated rings. The maximum atomic E-state index is 5.84. The van der Waals surface area contributed by atoms with E-state index in [0.717, 1.165) is 30.0 Å². The Morgan fingerprint density at radius 2 is 2.31 bits per heavy atom. The van der Waals surface area contributed by atoms with E-state index in [4.69, 9.17) is 5.73 Å². The van der Waals surface area contributed by atoms with Crippen LogP contribution in [0.5, 0.6) is 0 Å². The first kappa shape index (κ1) is 10.9. The molecule has 0 bridgehead atoms. The van der Waals surface area contributed by atoms with Crippen LogP contribution < -0.4 is 11.1 Å². The van der Waals surface area contributed by atoms with Crippen LogP contribution in [-0.2, 0) is 6.42 Å². The molecule has 16 heavy (non-hydrogen) atoms. The lowest BCUT2D eigenvalue weighted by molar-refractivity contribution is 0.968. The van der Waals surface area contributed by atoms with Gasteiger partial charge >= 0.3 is 0 Å². The number of pyridine rings is 1. The van der Waals surface area contributed by atoms with E-state index in [1.165, 1.54) is 0 Å². The molecule has 0 atom stereocenters. The van der Waals surface area contributed by atoms with Crippen LogP contribution in [0.2, 0.25) is 0 Å². The van der Waals surface area contributed by atoms with Crippen molar-refractivity contribution in [2.24, 2.45) is 0 Å². The van der Waals surface area contributed by atoms with Crippen molar-refractivity contribution >= 4 is 22.8 Å². The molecule has 0 saturated heterocycles. The Kier molecular flexibility index (Phi) is 3.36. The van der Waals surface area contributed by atoms with Crippen molar-refractivity contribution in [3.63, 3.8) is 0 Å². The zero-order chi connectivity index (χ0) is 11.4. The minimum atomic E-state index is 0.693.